The number of nitrogens with two attached hydrogens (primary N) is 1. The van der Waals surface area contributed by atoms with E-state index in [1.807, 2.05) is 0 Å². The van der Waals surface area contributed by atoms with Gasteiger partial charge in [-0.05, 0) is 43.5 Å². The zero-order valence-electron chi connectivity index (χ0n) is 18.0. The predicted molar refractivity (Wildman–Crippen MR) is 123 cm³/mol. The number of likely N-dealkylation sites (tertiary alicyclic amines) is 1. The maximum absolute atomic E-state index is 12.4. The van der Waals surface area contributed by atoms with E-state index in [9.17, 15) is 4.79 Å². The highest BCUT2D eigenvalue weighted by Crippen LogP contribution is 2.33. The Hall–Kier alpha value is -2.60. The summed E-state index contributed by atoms with van der Waals surface area (Å²) >= 11 is 0. The van der Waals surface area contributed by atoms with E-state index in [1.165, 1.54) is 37.1 Å². The van der Waals surface area contributed by atoms with Crippen molar-refractivity contribution in [2.75, 3.05) is 42.1 Å². The van der Waals surface area contributed by atoms with Crippen LogP contribution in [-0.4, -0.2) is 41.8 Å². The average molecular weight is 408 g/mol. The van der Waals surface area contributed by atoms with Gasteiger partial charge in [-0.3, -0.25) is 9.69 Å². The molecule has 0 amide bonds. The van der Waals surface area contributed by atoms with E-state index in [2.05, 4.69) is 57.4 Å². The Kier molecular flexibility index (Phi) is 6.53. The van der Waals surface area contributed by atoms with Crippen molar-refractivity contribution in [3.05, 3.63) is 47.0 Å². The van der Waals surface area contributed by atoms with E-state index in [4.69, 9.17) is 5.73 Å². The number of benzene rings is 1. The molecule has 160 valence electrons. The van der Waals surface area contributed by atoms with E-state index >= 15 is 0 Å². The minimum Gasteiger partial charge on any atom is -0.383 e. The molecule has 6 nitrogen and oxygen atoms in total. The maximum Gasteiger partial charge on any atom is 0.156 e. The molecule has 1 fully saturated rings. The second kappa shape index (κ2) is 9.47. The van der Waals surface area contributed by atoms with Gasteiger partial charge in [0.2, 0.25) is 0 Å². The molecule has 2 aliphatic heterocycles. The van der Waals surface area contributed by atoms with Gasteiger partial charge in [0, 0.05) is 43.4 Å². The Labute approximate surface area is 179 Å². The minimum atomic E-state index is 0.191. The molecule has 3 N–H and O–H groups in total. The molecule has 2 aliphatic rings. The van der Waals surface area contributed by atoms with Crippen LogP contribution in [0.25, 0.3) is 0 Å². The third-order valence-electron chi connectivity index (χ3n) is 6.02. The van der Waals surface area contributed by atoms with Crippen molar-refractivity contribution in [2.45, 2.75) is 52.1 Å². The topological polar surface area (TPSA) is 74.5 Å². The number of fused-ring (bicyclic) bond motifs is 1. The number of nitrogens with zero attached hydrogens (tertiary/aromatic N) is 3. The van der Waals surface area contributed by atoms with Crippen molar-refractivity contribution in [2.24, 2.45) is 0 Å². The summed E-state index contributed by atoms with van der Waals surface area (Å²) in [5.74, 6) is 1.45. The van der Waals surface area contributed by atoms with Gasteiger partial charge in [0.25, 0.3) is 0 Å². The number of carbonyl (C=O) groups excluding carboxylic acids is 1. The number of ketones is 1. The van der Waals surface area contributed by atoms with Crippen LogP contribution >= 0.6 is 0 Å². The highest BCUT2D eigenvalue weighted by Gasteiger charge is 2.26. The summed E-state index contributed by atoms with van der Waals surface area (Å²) in [5.41, 5.74) is 10.7. The molecule has 2 aromatic rings. The fraction of sp³-hybridized carbons (Fsp3) is 0.500. The van der Waals surface area contributed by atoms with E-state index in [0.29, 0.717) is 25.3 Å². The van der Waals surface area contributed by atoms with Crippen LogP contribution in [0, 0.1) is 0 Å². The fourth-order valence-corrected chi connectivity index (χ4v) is 4.46. The van der Waals surface area contributed by atoms with E-state index in [0.717, 1.165) is 43.0 Å². The number of nitrogens with one attached hydrogen (secondary N) is 1. The summed E-state index contributed by atoms with van der Waals surface area (Å²) in [5, 5.41) is 3.37. The lowest BCUT2D eigenvalue weighted by Crippen LogP contribution is -2.36. The van der Waals surface area contributed by atoms with Gasteiger partial charge in [-0.25, -0.2) is 4.98 Å². The van der Waals surface area contributed by atoms with Crippen LogP contribution in [0.2, 0.25) is 0 Å². The second-order valence-corrected chi connectivity index (χ2v) is 8.55. The molecule has 30 heavy (non-hydrogen) atoms. The van der Waals surface area contributed by atoms with Crippen molar-refractivity contribution in [1.29, 1.82) is 0 Å². The van der Waals surface area contributed by atoms with Gasteiger partial charge in [0.1, 0.15) is 11.6 Å². The molecular formula is C24H33N5O. The van der Waals surface area contributed by atoms with Crippen molar-refractivity contribution in [3.63, 3.8) is 0 Å². The summed E-state index contributed by atoms with van der Waals surface area (Å²) in [7, 11) is 0. The Morgan fingerprint density at radius 3 is 2.67 bits per heavy atom. The Morgan fingerprint density at radius 1 is 1.13 bits per heavy atom. The number of unbranched alkanes of at least 4 members (excludes halogenated alkanes) is 1. The van der Waals surface area contributed by atoms with Crippen molar-refractivity contribution >= 4 is 23.1 Å². The third-order valence-corrected chi connectivity index (χ3v) is 6.02. The summed E-state index contributed by atoms with van der Waals surface area (Å²) in [6.07, 6.45) is 5.19. The van der Waals surface area contributed by atoms with Gasteiger partial charge in [-0.15, -0.1) is 0 Å². The largest absolute Gasteiger partial charge is 0.383 e. The number of hydrogen-bond donors (Lipinski definition) is 2. The number of rotatable bonds is 8. The molecule has 4 rings (SSSR count). The molecule has 0 atom stereocenters. The molecule has 1 aromatic carbocycles. The molecule has 1 aromatic heterocycles. The number of pyridine rings is 1. The van der Waals surface area contributed by atoms with Gasteiger partial charge in [-0.1, -0.05) is 37.6 Å². The first-order valence-electron chi connectivity index (χ1n) is 11.2. The lowest BCUT2D eigenvalue weighted by molar-refractivity contribution is -0.117. The van der Waals surface area contributed by atoms with Crippen molar-refractivity contribution in [1.82, 2.24) is 9.88 Å². The first-order valence-corrected chi connectivity index (χ1v) is 11.2. The Balaban J connectivity index is 1.54. The predicted octanol–water partition coefficient (Wildman–Crippen LogP) is 3.60. The number of carbonyl (C=O) groups is 1. The number of Topliss-reactive ketones (excluding diaryl/α,β-unsaturated/α-hetero) is 1. The van der Waals surface area contributed by atoms with E-state index < -0.39 is 0 Å². The SMILES string of the molecule is CCCCNc1cc2c(c(N)n1)CC(=O)CN2Cc1cccc(CN2CCCC2)c1. The number of hydrogen-bond acceptors (Lipinski definition) is 6. The standard InChI is InChI=1S/C24H33N5O/c1-2-3-9-26-23-14-22-21(24(25)27-23)13-20(30)17-29(22)16-19-8-6-7-18(12-19)15-28-10-4-5-11-28/h6-8,12,14H,2-5,9-11,13,15-17H2,1H3,(H3,25,26,27). The molecule has 0 radical (unpaired) electrons. The first kappa shape index (κ1) is 20.7. The molecule has 0 unspecified atom stereocenters. The van der Waals surface area contributed by atoms with Gasteiger partial charge >= 0.3 is 0 Å². The molecule has 1 saturated heterocycles. The highest BCUT2D eigenvalue weighted by molar-refractivity contribution is 5.92. The van der Waals surface area contributed by atoms with Gasteiger partial charge in [0.05, 0.1) is 6.54 Å². The molecule has 0 aliphatic carbocycles. The summed E-state index contributed by atoms with van der Waals surface area (Å²) in [4.78, 5) is 21.6. The van der Waals surface area contributed by atoms with Crippen LogP contribution in [0.15, 0.2) is 30.3 Å². The van der Waals surface area contributed by atoms with Crippen molar-refractivity contribution < 1.29 is 4.79 Å². The van der Waals surface area contributed by atoms with Crippen LogP contribution in [-0.2, 0) is 24.3 Å². The molecule has 0 spiro atoms. The normalized spacial score (nSPS) is 16.7. The summed E-state index contributed by atoms with van der Waals surface area (Å²) in [6, 6.07) is 10.8. The van der Waals surface area contributed by atoms with Crippen LogP contribution in [0.5, 0.6) is 0 Å². The van der Waals surface area contributed by atoms with Gasteiger partial charge in [0.15, 0.2) is 5.78 Å². The van der Waals surface area contributed by atoms with Crippen LogP contribution in [0.4, 0.5) is 17.3 Å². The lowest BCUT2D eigenvalue weighted by atomic mass is 10.0. The Bertz CT molecular complexity index is 891. The lowest BCUT2D eigenvalue weighted by Gasteiger charge is -2.31. The highest BCUT2D eigenvalue weighted by atomic mass is 16.1. The summed E-state index contributed by atoms with van der Waals surface area (Å²) < 4.78 is 0. The maximum atomic E-state index is 12.4. The van der Waals surface area contributed by atoms with Crippen LogP contribution < -0.4 is 16.0 Å². The number of nitrogen functional groups attached to an aromatic ring is 1. The first-order chi connectivity index (χ1) is 14.6. The zero-order valence-corrected chi connectivity index (χ0v) is 18.0. The van der Waals surface area contributed by atoms with Crippen LogP contribution in [0.3, 0.4) is 0 Å². The molecular weight excluding hydrogens is 374 g/mol. The molecule has 0 saturated carbocycles. The number of anilines is 3. The monoisotopic (exact) mass is 407 g/mol. The quantitative estimate of drug-likeness (QED) is 0.651. The van der Waals surface area contributed by atoms with Gasteiger partial charge in [-0.2, -0.15) is 0 Å². The van der Waals surface area contributed by atoms with Gasteiger partial charge < -0.3 is 16.0 Å². The zero-order chi connectivity index (χ0) is 20.9. The molecule has 6 heteroatoms. The summed E-state index contributed by atoms with van der Waals surface area (Å²) in [6.45, 7) is 7.55. The Morgan fingerprint density at radius 2 is 1.90 bits per heavy atom. The fourth-order valence-electron chi connectivity index (χ4n) is 4.46. The molecule has 0 bridgehead atoms. The van der Waals surface area contributed by atoms with E-state index in [-0.39, 0.29) is 5.78 Å². The number of aromatic nitrogens is 1. The third kappa shape index (κ3) is 4.93. The minimum absolute atomic E-state index is 0.191. The second-order valence-electron chi connectivity index (χ2n) is 8.55. The van der Waals surface area contributed by atoms with E-state index in [1.54, 1.807) is 0 Å². The molecule has 3 heterocycles. The van der Waals surface area contributed by atoms with Crippen LogP contribution in [0.1, 0.15) is 49.3 Å². The average Bonchev–Trinajstić information content (AvgIpc) is 3.22. The smallest absolute Gasteiger partial charge is 0.156 e. The van der Waals surface area contributed by atoms with Crippen molar-refractivity contribution in [3.8, 4) is 0 Å².